The summed E-state index contributed by atoms with van der Waals surface area (Å²) >= 11 is 0. The molecule has 194 valence electrons. The molecule has 0 aliphatic rings. The van der Waals surface area contributed by atoms with Gasteiger partial charge in [0.15, 0.2) is 5.75 Å². The lowest BCUT2D eigenvalue weighted by atomic mass is 10.1. The van der Waals surface area contributed by atoms with Gasteiger partial charge in [0, 0.05) is 6.54 Å². The number of amides is 2. The Kier molecular flexibility index (Phi) is 8.40. The molecule has 0 heterocycles. The quantitative estimate of drug-likeness (QED) is 0.307. The van der Waals surface area contributed by atoms with Crippen LogP contribution >= 0.6 is 0 Å². The fraction of sp³-hybridized carbons (Fsp3) is 0.103. The fourth-order valence-corrected chi connectivity index (χ4v) is 4.59. The van der Waals surface area contributed by atoms with Crippen LogP contribution in [-0.4, -0.2) is 33.0 Å². The van der Waals surface area contributed by atoms with Crippen molar-refractivity contribution in [3.8, 4) is 11.5 Å². The molecule has 2 N–H and O–H groups in total. The average Bonchev–Trinajstić information content (AvgIpc) is 2.92. The number of hydrogen-bond donors (Lipinski definition) is 2. The van der Waals surface area contributed by atoms with E-state index in [1.54, 1.807) is 72.8 Å². The van der Waals surface area contributed by atoms with Crippen LogP contribution < -0.4 is 19.7 Å². The van der Waals surface area contributed by atoms with Crippen molar-refractivity contribution in [1.82, 2.24) is 5.32 Å². The van der Waals surface area contributed by atoms with Crippen molar-refractivity contribution in [3.05, 3.63) is 120 Å². The summed E-state index contributed by atoms with van der Waals surface area (Å²) in [6.07, 6.45) is 1.02. The van der Waals surface area contributed by atoms with Crippen LogP contribution in [0.15, 0.2) is 109 Å². The second-order valence-electron chi connectivity index (χ2n) is 8.41. The third kappa shape index (κ3) is 6.98. The van der Waals surface area contributed by atoms with E-state index in [2.05, 4.69) is 10.6 Å². The molecule has 0 radical (unpaired) electrons. The Hall–Kier alpha value is -4.63. The summed E-state index contributed by atoms with van der Waals surface area (Å²) in [5, 5.41) is 5.52. The van der Waals surface area contributed by atoms with E-state index in [0.717, 1.165) is 16.1 Å². The maximum Gasteiger partial charge on any atom is 0.253 e. The van der Waals surface area contributed by atoms with Crippen LogP contribution in [0.1, 0.15) is 15.9 Å². The molecule has 0 saturated carbocycles. The minimum Gasteiger partial charge on any atom is -0.455 e. The normalized spacial score (nSPS) is 10.9. The molecule has 8 nitrogen and oxygen atoms in total. The third-order valence-electron chi connectivity index (χ3n) is 5.53. The van der Waals surface area contributed by atoms with E-state index < -0.39 is 22.5 Å². The summed E-state index contributed by atoms with van der Waals surface area (Å²) in [5.74, 6) is -0.189. The van der Waals surface area contributed by atoms with Gasteiger partial charge in [-0.05, 0) is 42.0 Å². The molecule has 2 amide bonds. The first-order valence-corrected chi connectivity index (χ1v) is 13.7. The maximum absolute atomic E-state index is 13.1. The van der Waals surface area contributed by atoms with Gasteiger partial charge >= 0.3 is 0 Å². The largest absolute Gasteiger partial charge is 0.455 e. The number of carbonyl (C=O) groups is 2. The number of nitrogens with one attached hydrogen (secondary N) is 2. The van der Waals surface area contributed by atoms with Crippen molar-refractivity contribution in [2.75, 3.05) is 22.4 Å². The Morgan fingerprint density at radius 1 is 0.789 bits per heavy atom. The predicted molar refractivity (Wildman–Crippen MR) is 148 cm³/mol. The van der Waals surface area contributed by atoms with Gasteiger partial charge in [0.25, 0.3) is 5.91 Å². The van der Waals surface area contributed by atoms with E-state index in [9.17, 15) is 18.0 Å². The molecule has 4 aromatic carbocycles. The molecule has 0 unspecified atom stereocenters. The Morgan fingerprint density at radius 2 is 1.39 bits per heavy atom. The smallest absolute Gasteiger partial charge is 0.253 e. The lowest BCUT2D eigenvalue weighted by Crippen LogP contribution is -2.38. The summed E-state index contributed by atoms with van der Waals surface area (Å²) in [5.41, 5.74) is 1.67. The van der Waals surface area contributed by atoms with Gasteiger partial charge in [-0.2, -0.15) is 0 Å². The van der Waals surface area contributed by atoms with Crippen LogP contribution in [0.5, 0.6) is 11.5 Å². The van der Waals surface area contributed by atoms with Crippen molar-refractivity contribution >= 4 is 33.2 Å². The second kappa shape index (κ2) is 12.1. The molecule has 0 bridgehead atoms. The molecule has 0 fully saturated rings. The molecule has 0 spiro atoms. The number of benzene rings is 4. The molecule has 9 heteroatoms. The van der Waals surface area contributed by atoms with Crippen LogP contribution in [0.3, 0.4) is 0 Å². The summed E-state index contributed by atoms with van der Waals surface area (Å²) in [7, 11) is -3.87. The molecule has 4 aromatic rings. The number of anilines is 2. The van der Waals surface area contributed by atoms with E-state index >= 15 is 0 Å². The standard InChI is InChI=1S/C29H27N3O5S/c1-38(35,36)32(26-18-10-11-19-27(26)37-23-14-6-3-7-15-23)21-28(33)31-25-17-9-8-16-24(25)29(34)30-20-22-12-4-2-5-13-22/h2-19H,20-21H2,1H3,(H,30,34)(H,31,33). The highest BCUT2D eigenvalue weighted by Crippen LogP contribution is 2.33. The van der Waals surface area contributed by atoms with Crippen LogP contribution in [0.4, 0.5) is 11.4 Å². The Morgan fingerprint density at radius 3 is 2.11 bits per heavy atom. The van der Waals surface area contributed by atoms with E-state index in [-0.39, 0.29) is 28.6 Å². The maximum atomic E-state index is 13.1. The van der Waals surface area contributed by atoms with Gasteiger partial charge in [0.2, 0.25) is 15.9 Å². The van der Waals surface area contributed by atoms with Crippen molar-refractivity contribution < 1.29 is 22.7 Å². The van der Waals surface area contributed by atoms with Gasteiger partial charge in [0.1, 0.15) is 12.3 Å². The van der Waals surface area contributed by atoms with Crippen LogP contribution in [0.25, 0.3) is 0 Å². The molecular formula is C29H27N3O5S. The molecule has 0 aliphatic carbocycles. The first kappa shape index (κ1) is 26.4. The predicted octanol–water partition coefficient (Wildman–Crippen LogP) is 4.81. The number of nitrogens with zero attached hydrogens (tertiary/aromatic N) is 1. The van der Waals surface area contributed by atoms with Crippen LogP contribution in [0, 0.1) is 0 Å². The number of sulfonamides is 1. The van der Waals surface area contributed by atoms with Gasteiger partial charge in [0.05, 0.1) is 23.2 Å². The Bertz CT molecular complexity index is 1510. The lowest BCUT2D eigenvalue weighted by molar-refractivity contribution is -0.114. The second-order valence-corrected chi connectivity index (χ2v) is 10.3. The minimum absolute atomic E-state index is 0.211. The highest BCUT2D eigenvalue weighted by Gasteiger charge is 2.25. The summed E-state index contributed by atoms with van der Waals surface area (Å²) in [6.45, 7) is -0.198. The Labute approximate surface area is 221 Å². The molecule has 0 atom stereocenters. The number of hydrogen-bond acceptors (Lipinski definition) is 5. The zero-order chi connectivity index (χ0) is 27.0. The monoisotopic (exact) mass is 529 g/mol. The number of ether oxygens (including phenoxy) is 1. The van der Waals surface area contributed by atoms with Crippen molar-refractivity contribution in [1.29, 1.82) is 0 Å². The topological polar surface area (TPSA) is 105 Å². The van der Waals surface area contributed by atoms with Crippen molar-refractivity contribution in [3.63, 3.8) is 0 Å². The molecule has 0 aromatic heterocycles. The summed E-state index contributed by atoms with van der Waals surface area (Å²) < 4.78 is 32.4. The van der Waals surface area contributed by atoms with Crippen molar-refractivity contribution in [2.45, 2.75) is 6.54 Å². The first-order valence-electron chi connectivity index (χ1n) is 11.8. The van der Waals surface area contributed by atoms with E-state index in [1.807, 2.05) is 36.4 Å². The van der Waals surface area contributed by atoms with Gasteiger partial charge in [-0.25, -0.2) is 8.42 Å². The number of carbonyl (C=O) groups excluding carboxylic acids is 2. The van der Waals surface area contributed by atoms with E-state index in [1.165, 1.54) is 0 Å². The van der Waals surface area contributed by atoms with Gasteiger partial charge < -0.3 is 15.4 Å². The van der Waals surface area contributed by atoms with Gasteiger partial charge in [-0.3, -0.25) is 13.9 Å². The third-order valence-corrected chi connectivity index (χ3v) is 6.66. The summed E-state index contributed by atoms with van der Waals surface area (Å²) in [4.78, 5) is 25.9. The van der Waals surface area contributed by atoms with Crippen LogP contribution in [0.2, 0.25) is 0 Å². The zero-order valence-corrected chi connectivity index (χ0v) is 21.5. The van der Waals surface area contributed by atoms with Gasteiger partial charge in [-0.15, -0.1) is 0 Å². The molecule has 0 aliphatic heterocycles. The summed E-state index contributed by atoms with van der Waals surface area (Å²) in [6, 6.07) is 31.5. The molecule has 4 rings (SSSR count). The lowest BCUT2D eigenvalue weighted by Gasteiger charge is -2.24. The first-order chi connectivity index (χ1) is 18.3. The average molecular weight is 530 g/mol. The highest BCUT2D eigenvalue weighted by atomic mass is 32.2. The minimum atomic E-state index is -3.87. The number of para-hydroxylation sites is 4. The van der Waals surface area contributed by atoms with Gasteiger partial charge in [-0.1, -0.05) is 72.8 Å². The van der Waals surface area contributed by atoms with E-state index in [0.29, 0.717) is 12.3 Å². The molecular weight excluding hydrogens is 502 g/mol. The molecule has 38 heavy (non-hydrogen) atoms. The zero-order valence-electron chi connectivity index (χ0n) is 20.7. The Balaban J connectivity index is 1.52. The number of rotatable bonds is 10. The van der Waals surface area contributed by atoms with E-state index in [4.69, 9.17) is 4.74 Å². The highest BCUT2D eigenvalue weighted by molar-refractivity contribution is 7.92. The van der Waals surface area contributed by atoms with Crippen molar-refractivity contribution in [2.24, 2.45) is 0 Å². The molecule has 0 saturated heterocycles. The van der Waals surface area contributed by atoms with Crippen LogP contribution in [-0.2, 0) is 21.4 Å². The fourth-order valence-electron chi connectivity index (χ4n) is 3.73. The SMILES string of the molecule is CS(=O)(=O)N(CC(=O)Nc1ccccc1C(=O)NCc1ccccc1)c1ccccc1Oc1ccccc1.